The van der Waals surface area contributed by atoms with Crippen LogP contribution in [0.15, 0.2) is 6.07 Å². The molecule has 0 saturated carbocycles. The molecule has 0 bridgehead atoms. The Morgan fingerprint density at radius 1 is 1.12 bits per heavy atom. The molecule has 0 fully saturated rings. The quantitative estimate of drug-likeness (QED) is 0.592. The second-order valence-corrected chi connectivity index (χ2v) is 5.00. The highest BCUT2D eigenvalue weighted by Gasteiger charge is 2.07. The summed E-state index contributed by atoms with van der Waals surface area (Å²) in [5, 5.41) is 0. The summed E-state index contributed by atoms with van der Waals surface area (Å²) in [6.07, 6.45) is 1.85. The van der Waals surface area contributed by atoms with Crippen molar-refractivity contribution in [3.8, 4) is 0 Å². The number of hydrazine groups is 1. The molecule has 0 aliphatic rings. The highest BCUT2D eigenvalue weighted by Crippen LogP contribution is 2.12. The molecular formula is C12H22N4. The van der Waals surface area contributed by atoms with Crippen LogP contribution in [0.2, 0.25) is 0 Å². The van der Waals surface area contributed by atoms with Gasteiger partial charge >= 0.3 is 0 Å². The standard InChI is InChI=1S/C12H22N4/c1-8(2)5-10-7-12(16-13)15-11(14-10)6-9(3)4/h7-9H,5-6,13H2,1-4H3,(H,14,15,16). The Labute approximate surface area is 97.7 Å². The first-order valence-corrected chi connectivity index (χ1v) is 5.84. The van der Waals surface area contributed by atoms with Gasteiger partial charge in [0.05, 0.1) is 0 Å². The SMILES string of the molecule is CC(C)Cc1cc(NN)nc(CC(C)C)n1. The highest BCUT2D eigenvalue weighted by molar-refractivity contribution is 5.34. The van der Waals surface area contributed by atoms with E-state index in [1.54, 1.807) is 0 Å². The maximum absolute atomic E-state index is 5.41. The summed E-state index contributed by atoms with van der Waals surface area (Å²) in [6.45, 7) is 8.68. The molecule has 0 aromatic carbocycles. The number of nitrogen functional groups attached to an aromatic ring is 1. The second-order valence-electron chi connectivity index (χ2n) is 5.00. The molecule has 0 aliphatic carbocycles. The van der Waals surface area contributed by atoms with Crippen molar-refractivity contribution in [3.05, 3.63) is 17.6 Å². The number of nitrogens with one attached hydrogen (secondary N) is 1. The van der Waals surface area contributed by atoms with Crippen LogP contribution >= 0.6 is 0 Å². The van der Waals surface area contributed by atoms with E-state index in [9.17, 15) is 0 Å². The van der Waals surface area contributed by atoms with Crippen LogP contribution in [-0.2, 0) is 12.8 Å². The molecule has 16 heavy (non-hydrogen) atoms. The first kappa shape index (κ1) is 12.9. The third-order valence-corrected chi connectivity index (χ3v) is 2.18. The number of hydrogen-bond acceptors (Lipinski definition) is 4. The van der Waals surface area contributed by atoms with Gasteiger partial charge in [-0.15, -0.1) is 0 Å². The minimum atomic E-state index is 0.555. The van der Waals surface area contributed by atoms with E-state index in [1.165, 1.54) is 0 Å². The molecule has 4 heteroatoms. The molecule has 0 unspecified atom stereocenters. The summed E-state index contributed by atoms with van der Waals surface area (Å²) in [4.78, 5) is 8.91. The van der Waals surface area contributed by atoms with Gasteiger partial charge in [-0.25, -0.2) is 15.8 Å². The largest absolute Gasteiger partial charge is 0.308 e. The van der Waals surface area contributed by atoms with Gasteiger partial charge in [0.25, 0.3) is 0 Å². The number of nitrogens with zero attached hydrogens (tertiary/aromatic N) is 2. The third-order valence-electron chi connectivity index (χ3n) is 2.18. The van der Waals surface area contributed by atoms with Crippen LogP contribution in [0, 0.1) is 11.8 Å². The smallest absolute Gasteiger partial charge is 0.143 e. The fraction of sp³-hybridized carbons (Fsp3) is 0.667. The minimum absolute atomic E-state index is 0.555. The van der Waals surface area contributed by atoms with Crippen molar-refractivity contribution in [1.82, 2.24) is 9.97 Å². The van der Waals surface area contributed by atoms with Gasteiger partial charge < -0.3 is 5.43 Å². The molecule has 90 valence electrons. The second kappa shape index (κ2) is 5.80. The molecular weight excluding hydrogens is 200 g/mol. The third kappa shape index (κ3) is 4.14. The zero-order valence-electron chi connectivity index (χ0n) is 10.6. The number of hydrogen-bond donors (Lipinski definition) is 2. The van der Waals surface area contributed by atoms with Crippen molar-refractivity contribution in [2.24, 2.45) is 17.7 Å². The zero-order chi connectivity index (χ0) is 12.1. The molecule has 1 aromatic rings. The van der Waals surface area contributed by atoms with Crippen LogP contribution in [0.3, 0.4) is 0 Å². The molecule has 0 saturated heterocycles. The van der Waals surface area contributed by atoms with Crippen molar-refractivity contribution in [2.45, 2.75) is 40.5 Å². The van der Waals surface area contributed by atoms with Crippen molar-refractivity contribution in [2.75, 3.05) is 5.43 Å². The summed E-state index contributed by atoms with van der Waals surface area (Å²) >= 11 is 0. The predicted molar refractivity (Wildman–Crippen MR) is 66.9 cm³/mol. The van der Waals surface area contributed by atoms with Crippen LogP contribution in [0.1, 0.15) is 39.2 Å². The van der Waals surface area contributed by atoms with Crippen LogP contribution in [0.4, 0.5) is 5.82 Å². The lowest BCUT2D eigenvalue weighted by Gasteiger charge is -2.10. The zero-order valence-corrected chi connectivity index (χ0v) is 10.6. The normalized spacial score (nSPS) is 11.2. The predicted octanol–water partition coefficient (Wildman–Crippen LogP) is 2.16. The molecule has 0 spiro atoms. The van der Waals surface area contributed by atoms with Crippen LogP contribution in [-0.4, -0.2) is 9.97 Å². The Morgan fingerprint density at radius 2 is 1.75 bits per heavy atom. The number of rotatable bonds is 5. The lowest BCUT2D eigenvalue weighted by molar-refractivity contribution is 0.601. The first-order chi connectivity index (χ1) is 7.51. The van der Waals surface area contributed by atoms with Gasteiger partial charge in [-0.1, -0.05) is 27.7 Å². The molecule has 1 rings (SSSR count). The fourth-order valence-corrected chi connectivity index (χ4v) is 1.61. The first-order valence-electron chi connectivity index (χ1n) is 5.84. The Hall–Kier alpha value is -1.16. The molecule has 0 radical (unpaired) electrons. The topological polar surface area (TPSA) is 63.8 Å². The van der Waals surface area contributed by atoms with E-state index in [0.29, 0.717) is 17.7 Å². The van der Waals surface area contributed by atoms with E-state index in [4.69, 9.17) is 5.84 Å². The maximum atomic E-state index is 5.41. The number of aromatic nitrogens is 2. The molecule has 0 atom stereocenters. The summed E-state index contributed by atoms with van der Waals surface area (Å²) in [6, 6.07) is 1.92. The van der Waals surface area contributed by atoms with Crippen molar-refractivity contribution in [3.63, 3.8) is 0 Å². The van der Waals surface area contributed by atoms with Crippen molar-refractivity contribution >= 4 is 5.82 Å². The Morgan fingerprint density at radius 3 is 2.25 bits per heavy atom. The Bertz CT molecular complexity index is 306. The highest BCUT2D eigenvalue weighted by atomic mass is 15.3. The van der Waals surface area contributed by atoms with Gasteiger partial charge in [-0.2, -0.15) is 0 Å². The van der Waals surface area contributed by atoms with Gasteiger partial charge in [0.15, 0.2) is 0 Å². The average molecular weight is 222 g/mol. The van der Waals surface area contributed by atoms with Crippen molar-refractivity contribution in [1.29, 1.82) is 0 Å². The molecule has 0 aliphatic heterocycles. The minimum Gasteiger partial charge on any atom is -0.308 e. The van der Waals surface area contributed by atoms with Crippen LogP contribution in [0.25, 0.3) is 0 Å². The van der Waals surface area contributed by atoms with E-state index < -0.39 is 0 Å². The van der Waals surface area contributed by atoms with Gasteiger partial charge in [0, 0.05) is 18.2 Å². The number of anilines is 1. The molecule has 1 aromatic heterocycles. The summed E-state index contributed by atoms with van der Waals surface area (Å²) in [5.74, 6) is 8.14. The monoisotopic (exact) mass is 222 g/mol. The molecule has 4 nitrogen and oxygen atoms in total. The van der Waals surface area contributed by atoms with Crippen LogP contribution < -0.4 is 11.3 Å². The summed E-state index contributed by atoms with van der Waals surface area (Å²) < 4.78 is 0. The summed E-state index contributed by atoms with van der Waals surface area (Å²) in [5.41, 5.74) is 3.67. The number of nitrogens with two attached hydrogens (primary N) is 1. The van der Waals surface area contributed by atoms with Gasteiger partial charge in [0.2, 0.25) is 0 Å². The van der Waals surface area contributed by atoms with E-state index in [2.05, 4.69) is 43.1 Å². The molecule has 0 amide bonds. The van der Waals surface area contributed by atoms with Crippen molar-refractivity contribution < 1.29 is 0 Å². The lowest BCUT2D eigenvalue weighted by atomic mass is 10.1. The van der Waals surface area contributed by atoms with E-state index in [1.807, 2.05) is 6.07 Å². The van der Waals surface area contributed by atoms with E-state index in [-0.39, 0.29) is 0 Å². The van der Waals surface area contributed by atoms with E-state index >= 15 is 0 Å². The van der Waals surface area contributed by atoms with Gasteiger partial charge in [0.1, 0.15) is 11.6 Å². The average Bonchev–Trinajstić information content (AvgIpc) is 2.14. The Balaban J connectivity index is 2.91. The lowest BCUT2D eigenvalue weighted by Crippen LogP contribution is -2.13. The van der Waals surface area contributed by atoms with Crippen LogP contribution in [0.5, 0.6) is 0 Å². The maximum Gasteiger partial charge on any atom is 0.143 e. The molecule has 1 heterocycles. The fourth-order valence-electron chi connectivity index (χ4n) is 1.61. The summed E-state index contributed by atoms with van der Waals surface area (Å²) in [7, 11) is 0. The van der Waals surface area contributed by atoms with Gasteiger partial charge in [-0.05, 0) is 18.3 Å². The Kier molecular flexibility index (Phi) is 4.68. The van der Waals surface area contributed by atoms with Gasteiger partial charge in [-0.3, -0.25) is 0 Å². The molecule has 3 N–H and O–H groups in total. The van der Waals surface area contributed by atoms with E-state index in [0.717, 1.165) is 24.4 Å².